The van der Waals surface area contributed by atoms with Crippen molar-refractivity contribution in [2.24, 2.45) is 11.3 Å². The fraction of sp³-hybridized carbons (Fsp3) is 0.455. The van der Waals surface area contributed by atoms with Crippen molar-refractivity contribution >= 4 is 23.3 Å². The van der Waals surface area contributed by atoms with Gasteiger partial charge >= 0.3 is 5.97 Å². The Balaban J connectivity index is 2.37. The Morgan fingerprint density at radius 3 is 2.45 bits per heavy atom. The van der Waals surface area contributed by atoms with E-state index >= 15 is 0 Å². The molecule has 0 aromatic rings. The van der Waals surface area contributed by atoms with E-state index in [4.69, 9.17) is 4.74 Å². The lowest BCUT2D eigenvalue weighted by molar-refractivity contribution is -0.160. The fourth-order valence-electron chi connectivity index (χ4n) is 4.98. The van der Waals surface area contributed by atoms with Crippen molar-refractivity contribution in [1.29, 1.82) is 0 Å². The van der Waals surface area contributed by atoms with Crippen molar-refractivity contribution in [3.05, 3.63) is 46.3 Å². The lowest BCUT2D eigenvalue weighted by Gasteiger charge is -2.52. The Hall–Kier alpha value is -2.80. The van der Waals surface area contributed by atoms with E-state index in [9.17, 15) is 29.4 Å². The zero-order valence-electron chi connectivity index (χ0n) is 16.9. The number of allylic oxidation sites excluding steroid dienone is 4. The zero-order valence-corrected chi connectivity index (χ0v) is 16.9. The van der Waals surface area contributed by atoms with E-state index in [0.29, 0.717) is 11.1 Å². The number of ether oxygens (including phenoxy) is 1. The largest absolute Gasteiger partial charge is 0.507 e. The van der Waals surface area contributed by atoms with Crippen LogP contribution in [0.5, 0.6) is 0 Å². The first-order valence-corrected chi connectivity index (χ1v) is 9.40. The van der Waals surface area contributed by atoms with Crippen LogP contribution in [-0.4, -0.2) is 45.7 Å². The molecule has 154 valence electrons. The van der Waals surface area contributed by atoms with Gasteiger partial charge in [-0.25, -0.2) is 0 Å². The summed E-state index contributed by atoms with van der Waals surface area (Å²) in [6, 6.07) is 0. The molecule has 3 rings (SSSR count). The van der Waals surface area contributed by atoms with Crippen molar-refractivity contribution in [2.75, 3.05) is 0 Å². The number of rotatable bonds is 3. The normalized spacial score (nSPS) is 32.3. The van der Waals surface area contributed by atoms with Crippen LogP contribution in [0.1, 0.15) is 40.5 Å². The number of carbonyl (C=O) groups excluding carboxylic acids is 4. The van der Waals surface area contributed by atoms with Gasteiger partial charge in [0.1, 0.15) is 18.0 Å². The van der Waals surface area contributed by atoms with Gasteiger partial charge in [0.15, 0.2) is 5.78 Å². The molecule has 4 atom stereocenters. The summed E-state index contributed by atoms with van der Waals surface area (Å²) in [6.45, 7) is 9.70. The number of aliphatic hydroxyl groups excluding tert-OH is 2. The predicted molar refractivity (Wildman–Crippen MR) is 103 cm³/mol. The second-order valence-corrected chi connectivity index (χ2v) is 8.09. The van der Waals surface area contributed by atoms with E-state index < -0.39 is 46.8 Å². The molecule has 0 saturated heterocycles. The molecule has 0 radical (unpaired) electrons. The topological polar surface area (TPSA) is 118 Å². The molecule has 0 aromatic heterocycles. The molecule has 0 amide bonds. The van der Waals surface area contributed by atoms with Crippen molar-refractivity contribution in [3.63, 3.8) is 0 Å². The molecular weight excluding hydrogens is 376 g/mol. The Morgan fingerprint density at radius 1 is 1.28 bits per heavy atom. The highest BCUT2D eigenvalue weighted by molar-refractivity contribution is 6.50. The number of aliphatic hydroxyl groups is 2. The summed E-state index contributed by atoms with van der Waals surface area (Å²) in [7, 11) is 0. The number of fused-ring (bicyclic) bond motifs is 2. The van der Waals surface area contributed by atoms with Gasteiger partial charge in [0.25, 0.3) is 0 Å². The molecule has 0 bridgehead atoms. The minimum Gasteiger partial charge on any atom is -0.507 e. The maximum Gasteiger partial charge on any atom is 0.303 e. The van der Waals surface area contributed by atoms with Crippen molar-refractivity contribution in [1.82, 2.24) is 0 Å². The van der Waals surface area contributed by atoms with Crippen molar-refractivity contribution < 1.29 is 34.1 Å². The first kappa shape index (κ1) is 20.9. The van der Waals surface area contributed by atoms with E-state index in [1.807, 2.05) is 0 Å². The maximum absolute atomic E-state index is 13.1. The molecule has 0 fully saturated rings. The number of hydrogen-bond donors (Lipinski definition) is 2. The summed E-state index contributed by atoms with van der Waals surface area (Å²) in [5.41, 5.74) is -0.540. The molecule has 3 aliphatic rings. The number of Topliss-reactive ketones (excluding diaryl/α,β-unsaturated/α-hetero) is 3. The van der Waals surface area contributed by atoms with Crippen LogP contribution in [0.25, 0.3) is 0 Å². The van der Waals surface area contributed by atoms with Gasteiger partial charge in [-0.2, -0.15) is 0 Å². The summed E-state index contributed by atoms with van der Waals surface area (Å²) < 4.78 is 5.43. The highest BCUT2D eigenvalue weighted by atomic mass is 16.6. The SMILES string of the molecule is C=CCC1=C(O)C2=C(C(=O)C1=O)[C@@]1(C)CC(=O)C(C)=C(C)[C@@H]1[C@H](OC(C)=O)[C@H]2O. The summed E-state index contributed by atoms with van der Waals surface area (Å²) in [6.07, 6.45) is -1.44. The summed E-state index contributed by atoms with van der Waals surface area (Å²) in [4.78, 5) is 50.2. The van der Waals surface area contributed by atoms with Crippen molar-refractivity contribution in [3.8, 4) is 0 Å². The molecule has 3 aliphatic carbocycles. The Labute approximate surface area is 168 Å². The summed E-state index contributed by atoms with van der Waals surface area (Å²) in [5.74, 6) is -3.78. The second-order valence-electron chi connectivity index (χ2n) is 8.09. The molecular formula is C22H24O7. The van der Waals surface area contributed by atoms with Gasteiger partial charge in [-0.05, 0) is 25.8 Å². The van der Waals surface area contributed by atoms with E-state index in [2.05, 4.69) is 6.58 Å². The van der Waals surface area contributed by atoms with E-state index in [0.717, 1.165) is 0 Å². The van der Waals surface area contributed by atoms with Gasteiger partial charge in [0, 0.05) is 41.4 Å². The number of carbonyl (C=O) groups is 4. The lowest BCUT2D eigenvalue weighted by atomic mass is 9.52. The average molecular weight is 400 g/mol. The average Bonchev–Trinajstić information content (AvgIpc) is 2.63. The molecule has 2 N–H and O–H groups in total. The Kier molecular flexibility index (Phi) is 4.99. The van der Waals surface area contributed by atoms with Gasteiger partial charge in [-0.1, -0.05) is 18.6 Å². The van der Waals surface area contributed by atoms with Gasteiger partial charge in [0.2, 0.25) is 11.6 Å². The smallest absolute Gasteiger partial charge is 0.303 e. The highest BCUT2D eigenvalue weighted by Gasteiger charge is 2.60. The Morgan fingerprint density at radius 2 is 1.90 bits per heavy atom. The monoisotopic (exact) mass is 400 g/mol. The zero-order chi connectivity index (χ0) is 21.8. The van der Waals surface area contributed by atoms with Crippen LogP contribution < -0.4 is 0 Å². The molecule has 0 spiro atoms. The van der Waals surface area contributed by atoms with Crippen LogP contribution in [0.15, 0.2) is 46.3 Å². The van der Waals surface area contributed by atoms with Gasteiger partial charge in [-0.15, -0.1) is 6.58 Å². The van der Waals surface area contributed by atoms with E-state index in [1.54, 1.807) is 20.8 Å². The van der Waals surface area contributed by atoms with Gasteiger partial charge in [0.05, 0.1) is 0 Å². The third-order valence-electron chi connectivity index (χ3n) is 6.37. The van der Waals surface area contributed by atoms with Crippen LogP contribution >= 0.6 is 0 Å². The molecule has 7 heteroatoms. The lowest BCUT2D eigenvalue weighted by Crippen LogP contribution is -2.57. The second kappa shape index (κ2) is 6.91. The van der Waals surface area contributed by atoms with E-state index in [-0.39, 0.29) is 35.3 Å². The number of esters is 1. The molecule has 0 aromatic carbocycles. The molecule has 7 nitrogen and oxygen atoms in total. The number of hydrogen-bond acceptors (Lipinski definition) is 7. The first-order valence-electron chi connectivity index (χ1n) is 9.40. The fourth-order valence-corrected chi connectivity index (χ4v) is 4.98. The first-order chi connectivity index (χ1) is 13.5. The standard InChI is InChI=1S/C22H24O7/c1-6-7-12-17(25)14-16(20(28)18(12)26)22(5)8-13(24)9(2)10(3)15(22)21(19(14)27)29-11(4)23/h6,15,19,21,25,27H,1,7-8H2,2-5H3/t15-,19+,21+,22+/m1/s1. The van der Waals surface area contributed by atoms with Crippen LogP contribution in [0.3, 0.4) is 0 Å². The molecule has 0 heterocycles. The Bertz CT molecular complexity index is 962. The van der Waals surface area contributed by atoms with Crippen LogP contribution in [0.4, 0.5) is 0 Å². The maximum atomic E-state index is 13.1. The predicted octanol–water partition coefficient (Wildman–Crippen LogP) is 2.06. The summed E-state index contributed by atoms with van der Waals surface area (Å²) >= 11 is 0. The van der Waals surface area contributed by atoms with Crippen molar-refractivity contribution in [2.45, 2.75) is 52.7 Å². The van der Waals surface area contributed by atoms with Crippen LogP contribution in [0, 0.1) is 11.3 Å². The molecule has 0 aliphatic heterocycles. The minimum absolute atomic E-state index is 0.0603. The van der Waals surface area contributed by atoms with Gasteiger partial charge < -0.3 is 14.9 Å². The van der Waals surface area contributed by atoms with E-state index in [1.165, 1.54) is 13.0 Å². The third kappa shape index (κ3) is 2.83. The molecule has 29 heavy (non-hydrogen) atoms. The van der Waals surface area contributed by atoms with Gasteiger partial charge in [-0.3, -0.25) is 19.2 Å². The van der Waals surface area contributed by atoms with Crippen LogP contribution in [-0.2, 0) is 23.9 Å². The minimum atomic E-state index is -1.53. The molecule has 0 saturated carbocycles. The quantitative estimate of drug-likeness (QED) is 0.322. The molecule has 0 unspecified atom stereocenters. The summed E-state index contributed by atoms with van der Waals surface area (Å²) in [5, 5.41) is 21.9. The highest BCUT2D eigenvalue weighted by Crippen LogP contribution is 2.57. The third-order valence-corrected chi connectivity index (χ3v) is 6.37. The van der Waals surface area contributed by atoms with Crippen LogP contribution in [0.2, 0.25) is 0 Å². The number of ketones is 3.